The second-order valence-corrected chi connectivity index (χ2v) is 8.35. The number of sulfonamides is 1. The molecule has 1 N–H and O–H groups in total. The number of amides is 2. The van der Waals surface area contributed by atoms with E-state index in [-0.39, 0.29) is 22.6 Å². The number of piperidine rings is 1. The Kier molecular flexibility index (Phi) is 6.77. The summed E-state index contributed by atoms with van der Waals surface area (Å²) in [5.41, 5.74) is 0.549. The number of anilines is 1. The van der Waals surface area contributed by atoms with Gasteiger partial charge in [0.25, 0.3) is 0 Å². The smallest absolute Gasteiger partial charge is 0.243 e. The third kappa shape index (κ3) is 4.62. The first-order valence-electron chi connectivity index (χ1n) is 8.96. The van der Waals surface area contributed by atoms with E-state index in [1.165, 1.54) is 23.4 Å². The van der Waals surface area contributed by atoms with Crippen LogP contribution in [0.1, 0.15) is 33.6 Å². The summed E-state index contributed by atoms with van der Waals surface area (Å²) in [4.78, 5) is 25.8. The Morgan fingerprint density at radius 1 is 1.19 bits per heavy atom. The molecule has 0 saturated carbocycles. The maximum Gasteiger partial charge on any atom is 0.243 e. The van der Waals surface area contributed by atoms with Gasteiger partial charge in [0.15, 0.2) is 0 Å². The molecule has 0 aliphatic carbocycles. The highest BCUT2D eigenvalue weighted by molar-refractivity contribution is 7.89. The number of benzene rings is 1. The monoisotopic (exact) mass is 381 g/mol. The van der Waals surface area contributed by atoms with E-state index < -0.39 is 10.0 Å². The minimum absolute atomic E-state index is 0.0199. The summed E-state index contributed by atoms with van der Waals surface area (Å²) >= 11 is 0. The van der Waals surface area contributed by atoms with E-state index in [4.69, 9.17) is 0 Å². The summed E-state index contributed by atoms with van der Waals surface area (Å²) in [6, 6.07) is 6.21. The van der Waals surface area contributed by atoms with Gasteiger partial charge in [0, 0.05) is 38.8 Å². The van der Waals surface area contributed by atoms with Gasteiger partial charge in [-0.25, -0.2) is 8.42 Å². The summed E-state index contributed by atoms with van der Waals surface area (Å²) in [5.74, 6) is -0.407. The van der Waals surface area contributed by atoms with E-state index in [0.29, 0.717) is 31.9 Å². The normalized spacial score (nSPS) is 18.0. The van der Waals surface area contributed by atoms with Gasteiger partial charge in [0.05, 0.1) is 10.8 Å². The number of nitrogens with one attached hydrogen (secondary N) is 1. The maximum absolute atomic E-state index is 12.5. The number of rotatable bonds is 6. The van der Waals surface area contributed by atoms with Crippen molar-refractivity contribution in [3.63, 3.8) is 0 Å². The van der Waals surface area contributed by atoms with Crippen LogP contribution in [0.2, 0.25) is 0 Å². The van der Waals surface area contributed by atoms with Crippen molar-refractivity contribution < 1.29 is 18.0 Å². The van der Waals surface area contributed by atoms with Crippen LogP contribution in [-0.2, 0) is 19.6 Å². The fourth-order valence-corrected chi connectivity index (χ4v) is 4.60. The molecule has 0 spiro atoms. The molecule has 1 aliphatic heterocycles. The molecule has 1 aromatic carbocycles. The maximum atomic E-state index is 12.5. The summed E-state index contributed by atoms with van der Waals surface area (Å²) < 4.78 is 26.3. The first-order valence-corrected chi connectivity index (χ1v) is 10.4. The molecular formula is C18H27N3O4S. The number of carbonyl (C=O) groups is 2. The standard InChI is InChI=1S/C18H27N3O4S/c1-4-21(5-2)26(24,25)17-10-8-16(9-11-17)19-18(23)15-7-6-12-20(13-15)14(3)22/h8-11,15H,4-7,12-13H2,1-3H3,(H,19,23)/t15-/m0/s1. The van der Waals surface area contributed by atoms with E-state index >= 15 is 0 Å². The minimum Gasteiger partial charge on any atom is -0.342 e. The molecule has 1 aliphatic rings. The van der Waals surface area contributed by atoms with Crippen LogP contribution in [0.5, 0.6) is 0 Å². The van der Waals surface area contributed by atoms with Crippen LogP contribution in [0, 0.1) is 5.92 Å². The van der Waals surface area contributed by atoms with Crippen LogP contribution < -0.4 is 5.32 Å². The molecule has 8 heteroatoms. The Hall–Kier alpha value is -1.93. The highest BCUT2D eigenvalue weighted by Crippen LogP contribution is 2.21. The summed E-state index contributed by atoms with van der Waals surface area (Å²) in [7, 11) is -3.51. The van der Waals surface area contributed by atoms with Gasteiger partial charge in [0.1, 0.15) is 0 Å². The first-order chi connectivity index (χ1) is 12.3. The quantitative estimate of drug-likeness (QED) is 0.815. The lowest BCUT2D eigenvalue weighted by molar-refractivity contribution is -0.132. The molecule has 0 bridgehead atoms. The van der Waals surface area contributed by atoms with Crippen molar-refractivity contribution in [1.82, 2.24) is 9.21 Å². The van der Waals surface area contributed by atoms with Crippen LogP contribution >= 0.6 is 0 Å². The zero-order chi connectivity index (χ0) is 19.3. The molecule has 0 aromatic heterocycles. The van der Waals surface area contributed by atoms with Gasteiger partial charge < -0.3 is 10.2 Å². The molecule has 1 fully saturated rings. The van der Waals surface area contributed by atoms with E-state index in [2.05, 4.69) is 5.32 Å². The Bertz CT molecular complexity index is 742. The molecule has 0 radical (unpaired) electrons. The molecule has 2 rings (SSSR count). The van der Waals surface area contributed by atoms with Crippen molar-refractivity contribution in [1.29, 1.82) is 0 Å². The average Bonchev–Trinajstić information content (AvgIpc) is 2.63. The lowest BCUT2D eigenvalue weighted by Gasteiger charge is -2.31. The minimum atomic E-state index is -3.51. The van der Waals surface area contributed by atoms with Gasteiger partial charge in [-0.1, -0.05) is 13.8 Å². The second-order valence-electron chi connectivity index (χ2n) is 6.41. The lowest BCUT2D eigenvalue weighted by atomic mass is 9.97. The zero-order valence-electron chi connectivity index (χ0n) is 15.6. The SMILES string of the molecule is CCN(CC)S(=O)(=O)c1ccc(NC(=O)[C@H]2CCCN(C(C)=O)C2)cc1. The summed E-state index contributed by atoms with van der Waals surface area (Å²) in [6.45, 7) is 7.04. The van der Waals surface area contributed by atoms with Crippen molar-refractivity contribution in [2.24, 2.45) is 5.92 Å². The van der Waals surface area contributed by atoms with E-state index in [1.807, 2.05) is 0 Å². The topological polar surface area (TPSA) is 86.8 Å². The molecule has 2 amide bonds. The van der Waals surface area contributed by atoms with Gasteiger partial charge in [-0.05, 0) is 37.1 Å². The van der Waals surface area contributed by atoms with Gasteiger partial charge in [0.2, 0.25) is 21.8 Å². The van der Waals surface area contributed by atoms with Crippen LogP contribution in [0.25, 0.3) is 0 Å². The molecule has 1 atom stereocenters. The lowest BCUT2D eigenvalue weighted by Crippen LogP contribution is -2.42. The molecule has 0 unspecified atom stereocenters. The Morgan fingerprint density at radius 3 is 2.35 bits per heavy atom. The van der Waals surface area contributed by atoms with Crippen LogP contribution in [-0.4, -0.2) is 55.6 Å². The number of hydrogen-bond acceptors (Lipinski definition) is 4. The molecular weight excluding hydrogens is 354 g/mol. The van der Waals surface area contributed by atoms with Crippen molar-refractivity contribution >= 4 is 27.5 Å². The Morgan fingerprint density at radius 2 is 1.81 bits per heavy atom. The van der Waals surface area contributed by atoms with Gasteiger partial charge in [-0.2, -0.15) is 4.31 Å². The zero-order valence-corrected chi connectivity index (χ0v) is 16.4. The second kappa shape index (κ2) is 8.64. The van der Waals surface area contributed by atoms with Crippen molar-refractivity contribution in [2.45, 2.75) is 38.5 Å². The average molecular weight is 381 g/mol. The van der Waals surface area contributed by atoms with Crippen molar-refractivity contribution in [3.05, 3.63) is 24.3 Å². The fraction of sp³-hybridized carbons (Fsp3) is 0.556. The molecule has 1 saturated heterocycles. The van der Waals surface area contributed by atoms with Crippen LogP contribution in [0.3, 0.4) is 0 Å². The number of likely N-dealkylation sites (tertiary alicyclic amines) is 1. The largest absolute Gasteiger partial charge is 0.342 e. The fourth-order valence-electron chi connectivity index (χ4n) is 3.14. The van der Waals surface area contributed by atoms with E-state index in [9.17, 15) is 18.0 Å². The first kappa shape index (κ1) is 20.4. The van der Waals surface area contributed by atoms with Gasteiger partial charge in [-0.3, -0.25) is 9.59 Å². The molecule has 26 heavy (non-hydrogen) atoms. The highest BCUT2D eigenvalue weighted by atomic mass is 32.2. The van der Waals surface area contributed by atoms with E-state index in [1.54, 1.807) is 30.9 Å². The summed E-state index contributed by atoms with van der Waals surface area (Å²) in [6.07, 6.45) is 1.54. The highest BCUT2D eigenvalue weighted by Gasteiger charge is 2.27. The van der Waals surface area contributed by atoms with Crippen LogP contribution in [0.4, 0.5) is 5.69 Å². The Balaban J connectivity index is 2.05. The third-order valence-electron chi connectivity index (χ3n) is 4.70. The Labute approximate surface area is 155 Å². The molecule has 144 valence electrons. The van der Waals surface area contributed by atoms with Crippen molar-refractivity contribution in [2.75, 3.05) is 31.5 Å². The number of nitrogens with zero attached hydrogens (tertiary/aromatic N) is 2. The van der Waals surface area contributed by atoms with Crippen LogP contribution in [0.15, 0.2) is 29.2 Å². The van der Waals surface area contributed by atoms with Crippen molar-refractivity contribution in [3.8, 4) is 0 Å². The van der Waals surface area contributed by atoms with E-state index in [0.717, 1.165) is 12.8 Å². The predicted octanol–water partition coefficient (Wildman–Crippen LogP) is 1.91. The predicted molar refractivity (Wildman–Crippen MR) is 100 cm³/mol. The third-order valence-corrected chi connectivity index (χ3v) is 6.77. The molecule has 7 nitrogen and oxygen atoms in total. The van der Waals surface area contributed by atoms with Gasteiger partial charge in [-0.15, -0.1) is 0 Å². The molecule has 1 aromatic rings. The molecule has 1 heterocycles. The number of carbonyl (C=O) groups excluding carboxylic acids is 2. The summed E-state index contributed by atoms with van der Waals surface area (Å²) in [5, 5.41) is 2.82. The number of hydrogen-bond donors (Lipinski definition) is 1. The van der Waals surface area contributed by atoms with Gasteiger partial charge >= 0.3 is 0 Å².